The molecule has 7 nitrogen and oxygen atoms in total. The van der Waals surface area contributed by atoms with E-state index in [4.69, 9.17) is 18.9 Å². The maximum atomic E-state index is 14.8. The molecule has 0 radical (unpaired) electrons. The predicted octanol–water partition coefficient (Wildman–Crippen LogP) is 6.37. The van der Waals surface area contributed by atoms with Crippen LogP contribution in [0, 0.1) is 5.41 Å². The largest absolute Gasteiger partial charge is 0.497 e. The van der Waals surface area contributed by atoms with E-state index in [1.807, 2.05) is 19.1 Å². The SMILES string of the molecule is COc1ccc(OC)c(C(=O)P(=O)(CC2=C(C)CC(C)(C)C=C2)C(=O)c2cc(OC)ccc2OC)c1. The first kappa shape index (κ1) is 27.3. The molecule has 1 aliphatic carbocycles. The van der Waals surface area contributed by atoms with E-state index in [1.165, 1.54) is 40.6 Å². The van der Waals surface area contributed by atoms with Gasteiger partial charge in [-0.3, -0.25) is 9.59 Å². The first-order valence-corrected chi connectivity index (χ1v) is 13.4. The molecule has 0 N–H and O–H groups in total. The number of ether oxygens (including phenoxy) is 4. The van der Waals surface area contributed by atoms with Crippen LogP contribution in [0.4, 0.5) is 0 Å². The summed E-state index contributed by atoms with van der Waals surface area (Å²) < 4.78 is 36.1. The maximum absolute atomic E-state index is 14.8. The molecule has 0 aliphatic heterocycles. The molecule has 1 aliphatic rings. The van der Waals surface area contributed by atoms with Gasteiger partial charge < -0.3 is 23.5 Å². The second-order valence-electron chi connectivity index (χ2n) is 9.44. The van der Waals surface area contributed by atoms with Gasteiger partial charge in [0.25, 0.3) is 0 Å². The Morgan fingerprint density at radius 1 is 0.833 bits per heavy atom. The molecule has 0 fully saturated rings. The van der Waals surface area contributed by atoms with Gasteiger partial charge >= 0.3 is 0 Å². The molecule has 0 saturated carbocycles. The minimum Gasteiger partial charge on any atom is -0.497 e. The van der Waals surface area contributed by atoms with Gasteiger partial charge in [-0.2, -0.15) is 0 Å². The fraction of sp³-hybridized carbons (Fsp3) is 0.357. The fourth-order valence-corrected chi connectivity index (χ4v) is 6.79. The standard InChI is InChI=1S/C28H33O7P/c1-18-16-28(2,3)13-12-19(18)17-36(31,26(29)22-14-20(32-4)8-10-24(22)34-6)27(30)23-15-21(33-5)9-11-25(23)35-7/h8-15H,16-17H2,1-7H3. The summed E-state index contributed by atoms with van der Waals surface area (Å²) in [5, 5.41) is 0. The summed E-state index contributed by atoms with van der Waals surface area (Å²) in [6.45, 7) is 6.14. The monoisotopic (exact) mass is 512 g/mol. The molecule has 0 heterocycles. The normalized spacial score (nSPS) is 14.9. The van der Waals surface area contributed by atoms with Crippen LogP contribution in [-0.4, -0.2) is 45.6 Å². The van der Waals surface area contributed by atoms with Crippen LogP contribution in [0.25, 0.3) is 0 Å². The van der Waals surface area contributed by atoms with Crippen LogP contribution in [0.2, 0.25) is 0 Å². The molecule has 3 rings (SSSR count). The van der Waals surface area contributed by atoms with E-state index in [0.717, 1.165) is 12.0 Å². The van der Waals surface area contributed by atoms with Gasteiger partial charge in [0.15, 0.2) is 0 Å². The molecule has 0 aromatic heterocycles. The van der Waals surface area contributed by atoms with Crippen molar-refractivity contribution in [3.63, 3.8) is 0 Å². The summed E-state index contributed by atoms with van der Waals surface area (Å²) in [5.41, 5.74) is 0.0694. The van der Waals surface area contributed by atoms with Crippen LogP contribution >= 0.6 is 7.14 Å². The first-order valence-electron chi connectivity index (χ1n) is 11.5. The van der Waals surface area contributed by atoms with Crippen molar-refractivity contribution in [2.24, 2.45) is 5.41 Å². The summed E-state index contributed by atoms with van der Waals surface area (Å²) in [5.74, 6) is 1.17. The zero-order valence-electron chi connectivity index (χ0n) is 21.8. The molecule has 0 bridgehead atoms. The van der Waals surface area contributed by atoms with Gasteiger partial charge in [-0.15, -0.1) is 0 Å². The van der Waals surface area contributed by atoms with Gasteiger partial charge in [-0.1, -0.05) is 31.6 Å². The van der Waals surface area contributed by atoms with Gasteiger partial charge in [-0.25, -0.2) is 0 Å². The summed E-state index contributed by atoms with van der Waals surface area (Å²) in [4.78, 5) is 28.1. The first-order chi connectivity index (χ1) is 17.0. The summed E-state index contributed by atoms with van der Waals surface area (Å²) in [7, 11) is 1.46. The van der Waals surface area contributed by atoms with Gasteiger partial charge in [-0.05, 0) is 60.7 Å². The molecule has 0 spiro atoms. The topological polar surface area (TPSA) is 88.1 Å². The number of benzene rings is 2. The summed E-state index contributed by atoms with van der Waals surface area (Å²) >= 11 is 0. The highest BCUT2D eigenvalue weighted by Crippen LogP contribution is 2.56. The molecule has 2 aromatic rings. The third-order valence-corrected chi connectivity index (χ3v) is 8.91. The molecule has 0 atom stereocenters. The van der Waals surface area contributed by atoms with Crippen molar-refractivity contribution >= 4 is 18.2 Å². The van der Waals surface area contributed by atoms with Gasteiger partial charge in [0.05, 0.1) is 39.6 Å². The number of carbonyl (C=O) groups is 2. The highest BCUT2D eigenvalue weighted by atomic mass is 31.2. The van der Waals surface area contributed by atoms with E-state index >= 15 is 0 Å². The minimum absolute atomic E-state index is 0.0220. The van der Waals surface area contributed by atoms with E-state index < -0.39 is 18.2 Å². The summed E-state index contributed by atoms with van der Waals surface area (Å²) in [6.07, 6.45) is 4.40. The molecule has 36 heavy (non-hydrogen) atoms. The number of carbonyl (C=O) groups excluding carboxylic acids is 2. The van der Waals surface area contributed by atoms with Gasteiger partial charge in [0.2, 0.25) is 18.2 Å². The Labute approximate surface area is 212 Å². The van der Waals surface area contributed by atoms with Crippen LogP contribution in [0.1, 0.15) is 47.9 Å². The molecule has 2 aromatic carbocycles. The average Bonchev–Trinajstić information content (AvgIpc) is 2.88. The van der Waals surface area contributed by atoms with Crippen molar-refractivity contribution in [1.29, 1.82) is 0 Å². The third kappa shape index (κ3) is 5.41. The van der Waals surface area contributed by atoms with Crippen molar-refractivity contribution in [3.8, 4) is 23.0 Å². The van der Waals surface area contributed by atoms with E-state index in [-0.39, 0.29) is 34.2 Å². The predicted molar refractivity (Wildman–Crippen MR) is 140 cm³/mol. The lowest BCUT2D eigenvalue weighted by Gasteiger charge is -2.28. The lowest BCUT2D eigenvalue weighted by molar-refractivity contribution is 0.103. The van der Waals surface area contributed by atoms with Crippen LogP contribution in [-0.2, 0) is 4.57 Å². The minimum atomic E-state index is -4.29. The molecule has 0 amide bonds. The Morgan fingerprint density at radius 2 is 1.31 bits per heavy atom. The lowest BCUT2D eigenvalue weighted by atomic mass is 9.80. The van der Waals surface area contributed by atoms with E-state index in [0.29, 0.717) is 17.1 Å². The van der Waals surface area contributed by atoms with Crippen molar-refractivity contribution in [1.82, 2.24) is 0 Å². The highest BCUT2D eigenvalue weighted by Gasteiger charge is 2.44. The molecule has 0 unspecified atom stereocenters. The van der Waals surface area contributed by atoms with Crippen molar-refractivity contribution in [2.75, 3.05) is 34.6 Å². The molecule has 192 valence electrons. The number of allylic oxidation sites excluding steroid dienone is 4. The van der Waals surface area contributed by atoms with E-state index in [9.17, 15) is 14.2 Å². The lowest BCUT2D eigenvalue weighted by Crippen LogP contribution is -2.19. The fourth-order valence-electron chi connectivity index (χ4n) is 4.34. The second-order valence-corrected chi connectivity index (χ2v) is 12.1. The average molecular weight is 513 g/mol. The Bertz CT molecular complexity index is 1220. The molecular formula is C28H33O7P. The zero-order chi connectivity index (χ0) is 26.7. The van der Waals surface area contributed by atoms with E-state index in [2.05, 4.69) is 13.8 Å². The molecule has 8 heteroatoms. The highest BCUT2D eigenvalue weighted by molar-refractivity contribution is 7.95. The Balaban J connectivity index is 2.22. The summed E-state index contributed by atoms with van der Waals surface area (Å²) in [6, 6.07) is 9.27. The smallest absolute Gasteiger partial charge is 0.233 e. The van der Waals surface area contributed by atoms with E-state index in [1.54, 1.807) is 24.3 Å². The van der Waals surface area contributed by atoms with Gasteiger partial charge in [0, 0.05) is 6.16 Å². The van der Waals surface area contributed by atoms with Crippen molar-refractivity contribution in [3.05, 3.63) is 70.8 Å². The van der Waals surface area contributed by atoms with Gasteiger partial charge in [0.1, 0.15) is 23.0 Å². The van der Waals surface area contributed by atoms with Crippen LogP contribution in [0.3, 0.4) is 0 Å². The third-order valence-electron chi connectivity index (χ3n) is 6.33. The van der Waals surface area contributed by atoms with Crippen LogP contribution in [0.15, 0.2) is 59.7 Å². The second kappa shape index (κ2) is 10.8. The quantitative estimate of drug-likeness (QED) is 0.342. The maximum Gasteiger partial charge on any atom is 0.233 e. The Kier molecular flexibility index (Phi) is 8.15. The molecular weight excluding hydrogens is 479 g/mol. The molecule has 0 saturated heterocycles. The van der Waals surface area contributed by atoms with Crippen molar-refractivity contribution < 1.29 is 33.1 Å². The number of methoxy groups -OCH3 is 4. The Hall–Kier alpha value is -3.31. The van der Waals surface area contributed by atoms with Crippen molar-refractivity contribution in [2.45, 2.75) is 27.2 Å². The van der Waals surface area contributed by atoms with Crippen LogP contribution in [0.5, 0.6) is 23.0 Å². The number of hydrogen-bond donors (Lipinski definition) is 0. The number of rotatable bonds is 10. The Morgan fingerprint density at radius 3 is 1.69 bits per heavy atom. The zero-order valence-corrected chi connectivity index (χ0v) is 22.7. The number of hydrogen-bond acceptors (Lipinski definition) is 7. The van der Waals surface area contributed by atoms with Crippen LogP contribution < -0.4 is 18.9 Å².